The van der Waals surface area contributed by atoms with Crippen LogP contribution >= 0.6 is 11.3 Å². The molecular formula is C18H18O2S. The van der Waals surface area contributed by atoms with Gasteiger partial charge < -0.3 is 9.84 Å². The van der Waals surface area contributed by atoms with E-state index in [0.29, 0.717) is 6.42 Å². The summed E-state index contributed by atoms with van der Waals surface area (Å²) in [6, 6.07) is 15.9. The molecule has 1 N–H and O–H groups in total. The fraction of sp³-hybridized carbons (Fsp3) is 0.222. The lowest BCUT2D eigenvalue weighted by atomic mass is 9.89. The second kappa shape index (κ2) is 5.51. The van der Waals surface area contributed by atoms with Gasteiger partial charge in [0, 0.05) is 11.1 Å². The second-order valence-electron chi connectivity index (χ2n) is 5.44. The molecule has 3 heteroatoms. The van der Waals surface area contributed by atoms with Crippen molar-refractivity contribution in [2.75, 3.05) is 7.11 Å². The van der Waals surface area contributed by atoms with Crippen LogP contribution in [0.15, 0.2) is 53.9 Å². The van der Waals surface area contributed by atoms with Gasteiger partial charge in [0.1, 0.15) is 5.75 Å². The van der Waals surface area contributed by atoms with E-state index >= 15 is 0 Å². The largest absolute Gasteiger partial charge is 0.497 e. The van der Waals surface area contributed by atoms with E-state index in [1.165, 1.54) is 15.6 Å². The molecule has 2 aromatic carbocycles. The molecule has 3 rings (SSSR count). The van der Waals surface area contributed by atoms with Crippen molar-refractivity contribution < 1.29 is 9.84 Å². The summed E-state index contributed by atoms with van der Waals surface area (Å²) in [6.07, 6.45) is 0.601. The standard InChI is InChI=1S/C18H18O2S/c1-18(19,14-7-9-15(20-2)10-8-14)11-13-12-21-17-6-4-3-5-16(13)17/h3-10,12,19H,11H2,1-2H3. The number of rotatable bonds is 4. The molecule has 108 valence electrons. The minimum Gasteiger partial charge on any atom is -0.497 e. The van der Waals surface area contributed by atoms with E-state index < -0.39 is 5.60 Å². The van der Waals surface area contributed by atoms with Gasteiger partial charge in [-0.3, -0.25) is 0 Å². The van der Waals surface area contributed by atoms with Gasteiger partial charge in [0.2, 0.25) is 0 Å². The van der Waals surface area contributed by atoms with Crippen molar-refractivity contribution in [1.29, 1.82) is 0 Å². The van der Waals surface area contributed by atoms with Crippen molar-refractivity contribution in [2.45, 2.75) is 18.9 Å². The first kappa shape index (κ1) is 14.1. The van der Waals surface area contributed by atoms with E-state index in [1.807, 2.05) is 43.3 Å². The van der Waals surface area contributed by atoms with Crippen molar-refractivity contribution in [3.05, 3.63) is 65.0 Å². The van der Waals surface area contributed by atoms with Gasteiger partial charge in [0.05, 0.1) is 12.7 Å². The predicted octanol–water partition coefficient (Wildman–Crippen LogP) is 4.36. The maximum Gasteiger partial charge on any atom is 0.118 e. The van der Waals surface area contributed by atoms with Crippen LogP contribution in [0.5, 0.6) is 5.75 Å². The maximum atomic E-state index is 10.8. The fourth-order valence-corrected chi connectivity index (χ4v) is 3.56. The highest BCUT2D eigenvalue weighted by molar-refractivity contribution is 7.17. The fourth-order valence-electron chi connectivity index (χ4n) is 2.59. The average molecular weight is 298 g/mol. The van der Waals surface area contributed by atoms with Crippen molar-refractivity contribution in [3.63, 3.8) is 0 Å². The summed E-state index contributed by atoms with van der Waals surface area (Å²) in [5, 5.41) is 14.2. The zero-order valence-corrected chi connectivity index (χ0v) is 13.0. The number of hydrogen-bond acceptors (Lipinski definition) is 3. The zero-order chi connectivity index (χ0) is 14.9. The summed E-state index contributed by atoms with van der Waals surface area (Å²) in [4.78, 5) is 0. The van der Waals surface area contributed by atoms with E-state index in [9.17, 15) is 5.11 Å². The Hall–Kier alpha value is -1.84. The summed E-state index contributed by atoms with van der Waals surface area (Å²) in [7, 11) is 1.64. The summed E-state index contributed by atoms with van der Waals surface area (Å²) in [6.45, 7) is 1.86. The summed E-state index contributed by atoms with van der Waals surface area (Å²) >= 11 is 1.72. The van der Waals surface area contributed by atoms with E-state index in [2.05, 4.69) is 17.5 Å². The van der Waals surface area contributed by atoms with Gasteiger partial charge in [-0.05, 0) is 47.0 Å². The molecule has 0 fully saturated rings. The molecule has 3 aromatic rings. The van der Waals surface area contributed by atoms with Gasteiger partial charge in [0.15, 0.2) is 0 Å². The third-order valence-electron chi connectivity index (χ3n) is 3.81. The Kier molecular flexibility index (Phi) is 3.70. The third-order valence-corrected chi connectivity index (χ3v) is 4.82. The van der Waals surface area contributed by atoms with Crippen molar-refractivity contribution in [1.82, 2.24) is 0 Å². The highest BCUT2D eigenvalue weighted by Crippen LogP contribution is 2.32. The molecule has 1 unspecified atom stereocenters. The first-order chi connectivity index (χ1) is 10.1. The van der Waals surface area contributed by atoms with E-state index in [1.54, 1.807) is 18.4 Å². The van der Waals surface area contributed by atoms with Crippen LogP contribution in [0.2, 0.25) is 0 Å². The normalized spacial score (nSPS) is 14.0. The Bertz CT molecular complexity index is 741. The molecule has 0 spiro atoms. The molecule has 0 radical (unpaired) electrons. The number of thiophene rings is 1. The highest BCUT2D eigenvalue weighted by atomic mass is 32.1. The van der Waals surface area contributed by atoms with Crippen LogP contribution in [-0.2, 0) is 12.0 Å². The summed E-state index contributed by atoms with van der Waals surface area (Å²) in [5.74, 6) is 0.801. The minimum atomic E-state index is -0.893. The third kappa shape index (κ3) is 2.80. The number of hydrogen-bond donors (Lipinski definition) is 1. The average Bonchev–Trinajstić information content (AvgIpc) is 2.90. The van der Waals surface area contributed by atoms with Gasteiger partial charge in [-0.15, -0.1) is 11.3 Å². The van der Waals surface area contributed by atoms with Crippen molar-refractivity contribution in [3.8, 4) is 5.75 Å². The van der Waals surface area contributed by atoms with E-state index in [4.69, 9.17) is 4.74 Å². The van der Waals surface area contributed by atoms with Gasteiger partial charge in [-0.1, -0.05) is 30.3 Å². The zero-order valence-electron chi connectivity index (χ0n) is 12.2. The Labute approximate surface area is 128 Å². The molecule has 0 amide bonds. The quantitative estimate of drug-likeness (QED) is 0.775. The molecule has 0 aliphatic rings. The number of fused-ring (bicyclic) bond motifs is 1. The number of aliphatic hydroxyl groups is 1. The smallest absolute Gasteiger partial charge is 0.118 e. The lowest BCUT2D eigenvalue weighted by Crippen LogP contribution is -2.24. The number of ether oxygens (including phenoxy) is 1. The molecule has 1 atom stereocenters. The molecule has 0 saturated carbocycles. The summed E-state index contributed by atoms with van der Waals surface area (Å²) in [5.41, 5.74) is 1.20. The maximum absolute atomic E-state index is 10.8. The molecule has 2 nitrogen and oxygen atoms in total. The van der Waals surface area contributed by atoms with E-state index in [-0.39, 0.29) is 0 Å². The SMILES string of the molecule is COc1ccc(C(C)(O)Cc2csc3ccccc23)cc1. The molecule has 0 bridgehead atoms. The molecule has 21 heavy (non-hydrogen) atoms. The number of methoxy groups -OCH3 is 1. The molecule has 0 aliphatic carbocycles. The van der Waals surface area contributed by atoms with Crippen LogP contribution in [0.25, 0.3) is 10.1 Å². The molecule has 1 aromatic heterocycles. The van der Waals surface area contributed by atoms with Crippen LogP contribution in [0.3, 0.4) is 0 Å². The van der Waals surface area contributed by atoms with Gasteiger partial charge >= 0.3 is 0 Å². The Morgan fingerprint density at radius 2 is 1.81 bits per heavy atom. The minimum absolute atomic E-state index is 0.601. The van der Waals surface area contributed by atoms with Crippen molar-refractivity contribution in [2.24, 2.45) is 0 Å². The lowest BCUT2D eigenvalue weighted by molar-refractivity contribution is 0.0580. The molecule has 1 heterocycles. The number of benzene rings is 2. The molecular weight excluding hydrogens is 280 g/mol. The van der Waals surface area contributed by atoms with Crippen LogP contribution in [0, 0.1) is 0 Å². The van der Waals surface area contributed by atoms with Crippen LogP contribution in [0.1, 0.15) is 18.1 Å². The predicted molar refractivity (Wildman–Crippen MR) is 88.1 cm³/mol. The summed E-state index contributed by atoms with van der Waals surface area (Å²) < 4.78 is 6.43. The molecule has 0 saturated heterocycles. The Morgan fingerprint density at radius 3 is 2.52 bits per heavy atom. The van der Waals surface area contributed by atoms with Crippen LogP contribution < -0.4 is 4.74 Å². The van der Waals surface area contributed by atoms with Crippen LogP contribution in [0.4, 0.5) is 0 Å². The molecule has 0 aliphatic heterocycles. The topological polar surface area (TPSA) is 29.5 Å². The van der Waals surface area contributed by atoms with Gasteiger partial charge in [-0.2, -0.15) is 0 Å². The first-order valence-electron chi connectivity index (χ1n) is 6.92. The van der Waals surface area contributed by atoms with Crippen molar-refractivity contribution >= 4 is 21.4 Å². The highest BCUT2D eigenvalue weighted by Gasteiger charge is 2.24. The second-order valence-corrected chi connectivity index (χ2v) is 6.35. The lowest BCUT2D eigenvalue weighted by Gasteiger charge is -2.24. The first-order valence-corrected chi connectivity index (χ1v) is 7.80. The monoisotopic (exact) mass is 298 g/mol. The van der Waals surface area contributed by atoms with Gasteiger partial charge in [0.25, 0.3) is 0 Å². The van der Waals surface area contributed by atoms with Crippen LogP contribution in [-0.4, -0.2) is 12.2 Å². The van der Waals surface area contributed by atoms with Gasteiger partial charge in [-0.25, -0.2) is 0 Å². The van der Waals surface area contributed by atoms with E-state index in [0.717, 1.165) is 11.3 Å². The Morgan fingerprint density at radius 1 is 1.10 bits per heavy atom. The Balaban J connectivity index is 1.91.